The van der Waals surface area contributed by atoms with Gasteiger partial charge in [0, 0.05) is 7.11 Å². The van der Waals surface area contributed by atoms with Gasteiger partial charge in [0.1, 0.15) is 6.04 Å². The second-order valence-corrected chi connectivity index (χ2v) is 4.97. The van der Waals surface area contributed by atoms with E-state index in [1.807, 2.05) is 0 Å². The zero-order valence-electron chi connectivity index (χ0n) is 11.1. The molecule has 0 saturated carbocycles. The average Bonchev–Trinajstić information content (AvgIpc) is 2.91. The standard InChI is InChI=1S/C12H16N2O5S/c1-7(13-11(16)9-4-3-5-20-9)10(15)14-8(6-19-2)12(17)18/h3-5,7-8H,6H2,1-2H3,(H,13,16)(H,14,15)(H,17,18). The topological polar surface area (TPSA) is 105 Å². The van der Waals surface area contributed by atoms with Crippen LogP contribution in [0.3, 0.4) is 0 Å². The Bertz CT molecular complexity index is 474. The summed E-state index contributed by atoms with van der Waals surface area (Å²) < 4.78 is 4.70. The summed E-state index contributed by atoms with van der Waals surface area (Å²) in [6.07, 6.45) is 0. The number of hydrogen-bond acceptors (Lipinski definition) is 5. The van der Waals surface area contributed by atoms with Gasteiger partial charge in [-0.25, -0.2) is 4.79 Å². The molecule has 0 spiro atoms. The van der Waals surface area contributed by atoms with E-state index >= 15 is 0 Å². The first-order valence-corrected chi connectivity index (χ1v) is 6.70. The number of aliphatic carboxylic acids is 1. The predicted molar refractivity (Wildman–Crippen MR) is 72.7 cm³/mol. The Morgan fingerprint density at radius 2 is 2.10 bits per heavy atom. The lowest BCUT2D eigenvalue weighted by Gasteiger charge is -2.17. The molecular weight excluding hydrogens is 284 g/mol. The van der Waals surface area contributed by atoms with Crippen molar-refractivity contribution < 1.29 is 24.2 Å². The number of carboxylic acids is 1. The number of hydrogen-bond donors (Lipinski definition) is 3. The van der Waals surface area contributed by atoms with Crippen molar-refractivity contribution in [1.29, 1.82) is 0 Å². The maximum atomic E-state index is 11.8. The number of rotatable bonds is 7. The maximum absolute atomic E-state index is 11.8. The summed E-state index contributed by atoms with van der Waals surface area (Å²) >= 11 is 1.25. The van der Waals surface area contributed by atoms with Gasteiger partial charge in [-0.15, -0.1) is 11.3 Å². The Kier molecular flexibility index (Phi) is 6.13. The van der Waals surface area contributed by atoms with Gasteiger partial charge in [-0.1, -0.05) is 6.07 Å². The molecule has 1 rings (SSSR count). The lowest BCUT2D eigenvalue weighted by Crippen LogP contribution is -2.51. The molecule has 0 aliphatic heterocycles. The predicted octanol–water partition coefficient (Wildman–Crippen LogP) is 0.0822. The van der Waals surface area contributed by atoms with Crippen LogP contribution in [0.25, 0.3) is 0 Å². The molecule has 0 fully saturated rings. The Morgan fingerprint density at radius 1 is 1.40 bits per heavy atom. The van der Waals surface area contributed by atoms with Crippen molar-refractivity contribution in [2.24, 2.45) is 0 Å². The monoisotopic (exact) mass is 300 g/mol. The van der Waals surface area contributed by atoms with Crippen LogP contribution in [0.5, 0.6) is 0 Å². The lowest BCUT2D eigenvalue weighted by atomic mass is 10.2. The van der Waals surface area contributed by atoms with Gasteiger partial charge in [0.05, 0.1) is 11.5 Å². The van der Waals surface area contributed by atoms with Crippen molar-refractivity contribution in [3.8, 4) is 0 Å². The first-order valence-electron chi connectivity index (χ1n) is 5.82. The third-order valence-corrected chi connectivity index (χ3v) is 3.30. The van der Waals surface area contributed by atoms with E-state index in [0.29, 0.717) is 4.88 Å². The summed E-state index contributed by atoms with van der Waals surface area (Å²) in [6, 6.07) is 1.37. The van der Waals surface area contributed by atoms with Crippen molar-refractivity contribution in [2.45, 2.75) is 19.0 Å². The van der Waals surface area contributed by atoms with E-state index in [1.165, 1.54) is 25.4 Å². The zero-order valence-corrected chi connectivity index (χ0v) is 11.9. The molecule has 2 amide bonds. The van der Waals surface area contributed by atoms with Crippen LogP contribution in [0, 0.1) is 0 Å². The van der Waals surface area contributed by atoms with Crippen molar-refractivity contribution in [1.82, 2.24) is 10.6 Å². The quantitative estimate of drug-likeness (QED) is 0.661. The third kappa shape index (κ3) is 4.63. The number of nitrogens with one attached hydrogen (secondary N) is 2. The molecule has 0 aliphatic carbocycles. The van der Waals surface area contributed by atoms with Crippen LogP contribution in [0.15, 0.2) is 17.5 Å². The second kappa shape index (κ2) is 7.61. The molecule has 7 nitrogen and oxygen atoms in total. The van der Waals surface area contributed by atoms with Crippen molar-refractivity contribution in [2.75, 3.05) is 13.7 Å². The largest absolute Gasteiger partial charge is 0.480 e. The SMILES string of the molecule is COCC(NC(=O)C(C)NC(=O)c1cccs1)C(=O)O. The summed E-state index contributed by atoms with van der Waals surface area (Å²) in [5.74, 6) is -2.15. The molecule has 0 aliphatic rings. The highest BCUT2D eigenvalue weighted by atomic mass is 32.1. The van der Waals surface area contributed by atoms with Crippen LogP contribution in [0.2, 0.25) is 0 Å². The summed E-state index contributed by atoms with van der Waals surface area (Å²) in [4.78, 5) is 34.9. The van der Waals surface area contributed by atoms with Gasteiger partial charge in [0.2, 0.25) is 5.91 Å². The van der Waals surface area contributed by atoms with Crippen LogP contribution >= 0.6 is 11.3 Å². The number of carbonyl (C=O) groups excluding carboxylic acids is 2. The fourth-order valence-corrected chi connectivity index (χ4v) is 2.01. The minimum absolute atomic E-state index is 0.146. The fourth-order valence-electron chi connectivity index (χ4n) is 1.38. The number of carbonyl (C=O) groups is 3. The maximum Gasteiger partial charge on any atom is 0.328 e. The molecule has 2 atom stereocenters. The third-order valence-electron chi connectivity index (χ3n) is 2.43. The normalized spacial score (nSPS) is 13.3. The number of thiophene rings is 1. The van der Waals surface area contributed by atoms with Gasteiger partial charge in [-0.05, 0) is 18.4 Å². The number of amides is 2. The molecular formula is C12H16N2O5S. The first-order chi connectivity index (χ1) is 9.45. The van der Waals surface area contributed by atoms with E-state index in [4.69, 9.17) is 9.84 Å². The van der Waals surface area contributed by atoms with Gasteiger partial charge in [-0.2, -0.15) is 0 Å². The minimum atomic E-state index is -1.20. The van der Waals surface area contributed by atoms with E-state index in [0.717, 1.165) is 0 Å². The van der Waals surface area contributed by atoms with Gasteiger partial charge in [0.15, 0.2) is 6.04 Å². The first kappa shape index (κ1) is 16.1. The summed E-state index contributed by atoms with van der Waals surface area (Å²) in [5, 5.41) is 15.4. The summed E-state index contributed by atoms with van der Waals surface area (Å²) in [6.45, 7) is 1.33. The highest BCUT2D eigenvalue weighted by Crippen LogP contribution is 2.08. The highest BCUT2D eigenvalue weighted by molar-refractivity contribution is 7.12. The van der Waals surface area contributed by atoms with Crippen molar-refractivity contribution in [3.63, 3.8) is 0 Å². The molecule has 2 unspecified atom stereocenters. The Labute approximate surface area is 119 Å². The molecule has 20 heavy (non-hydrogen) atoms. The summed E-state index contributed by atoms with van der Waals surface area (Å²) in [5.41, 5.74) is 0. The van der Waals surface area contributed by atoms with Crippen molar-refractivity contribution in [3.05, 3.63) is 22.4 Å². The van der Waals surface area contributed by atoms with E-state index in [1.54, 1.807) is 17.5 Å². The van der Waals surface area contributed by atoms with E-state index in [2.05, 4.69) is 10.6 Å². The molecule has 1 heterocycles. The van der Waals surface area contributed by atoms with Gasteiger partial charge < -0.3 is 20.5 Å². The Morgan fingerprint density at radius 3 is 2.60 bits per heavy atom. The van der Waals surface area contributed by atoms with Gasteiger partial charge >= 0.3 is 5.97 Å². The van der Waals surface area contributed by atoms with Crippen LogP contribution < -0.4 is 10.6 Å². The van der Waals surface area contributed by atoms with Crippen molar-refractivity contribution >= 4 is 29.1 Å². The smallest absolute Gasteiger partial charge is 0.328 e. The summed E-state index contributed by atoms with van der Waals surface area (Å²) in [7, 11) is 1.34. The fraction of sp³-hybridized carbons (Fsp3) is 0.417. The molecule has 0 saturated heterocycles. The van der Waals surface area contributed by atoms with Gasteiger partial charge in [0.25, 0.3) is 5.91 Å². The van der Waals surface area contributed by atoms with Gasteiger partial charge in [-0.3, -0.25) is 9.59 Å². The molecule has 1 aromatic heterocycles. The molecule has 3 N–H and O–H groups in total. The van der Waals surface area contributed by atoms with Crippen LogP contribution in [0.1, 0.15) is 16.6 Å². The molecule has 0 bridgehead atoms. The van der Waals surface area contributed by atoms with Crippen LogP contribution in [-0.2, 0) is 14.3 Å². The highest BCUT2D eigenvalue weighted by Gasteiger charge is 2.24. The average molecular weight is 300 g/mol. The van der Waals surface area contributed by atoms with Crippen LogP contribution in [0.4, 0.5) is 0 Å². The molecule has 1 aromatic rings. The lowest BCUT2D eigenvalue weighted by molar-refractivity contribution is -0.143. The Hall–Kier alpha value is -1.93. The Balaban J connectivity index is 2.54. The second-order valence-electron chi connectivity index (χ2n) is 4.03. The van der Waals surface area contributed by atoms with E-state index in [-0.39, 0.29) is 12.5 Å². The number of methoxy groups -OCH3 is 1. The van der Waals surface area contributed by atoms with E-state index in [9.17, 15) is 14.4 Å². The van der Waals surface area contributed by atoms with Crippen LogP contribution in [-0.4, -0.2) is 48.7 Å². The molecule has 8 heteroatoms. The molecule has 110 valence electrons. The zero-order chi connectivity index (χ0) is 15.1. The number of ether oxygens (including phenoxy) is 1. The minimum Gasteiger partial charge on any atom is -0.480 e. The molecule has 0 aromatic carbocycles. The van der Waals surface area contributed by atoms with E-state index < -0.39 is 24.0 Å². The number of carboxylic acid groups (broad SMARTS) is 1. The molecule has 0 radical (unpaired) electrons.